The first-order chi connectivity index (χ1) is 23.6. The molecule has 1 saturated heterocycles. The van der Waals surface area contributed by atoms with Crippen molar-refractivity contribution in [2.45, 2.75) is 71.2 Å². The van der Waals surface area contributed by atoms with E-state index in [1.165, 1.54) is 25.1 Å². The molecular weight excluding hydrogens is 662 g/mol. The molecule has 3 heterocycles. The first-order valence-electron chi connectivity index (χ1n) is 16.4. The van der Waals surface area contributed by atoms with E-state index in [2.05, 4.69) is 27.2 Å². The van der Waals surface area contributed by atoms with E-state index in [1.807, 2.05) is 68.8 Å². The van der Waals surface area contributed by atoms with Crippen molar-refractivity contribution in [2.75, 3.05) is 33.1 Å². The average molecular weight is 710 g/mol. The summed E-state index contributed by atoms with van der Waals surface area (Å²) in [4.78, 5) is 51.2. The predicted molar refractivity (Wildman–Crippen MR) is 191 cm³/mol. The SMILES string of the molecule is C=C[C@H](CCC(=O)NS(=O)(=O)N(C)C)NC(=O)[C@@H]1C[C@@H](Oc2nccc3cc(OC)ccc23)CN1C(=O)C(Nc1cc(C)cc(C)n1)C(C)C. The number of hydrogen-bond donors (Lipinski definition) is 3. The Morgan fingerprint density at radius 2 is 1.88 bits per heavy atom. The van der Waals surface area contributed by atoms with Crippen molar-refractivity contribution in [3.05, 3.63) is 66.5 Å². The normalized spacial score (nSPS) is 17.3. The summed E-state index contributed by atoms with van der Waals surface area (Å²) < 4.78 is 38.7. The monoisotopic (exact) mass is 709 g/mol. The fourth-order valence-electron chi connectivity index (χ4n) is 5.75. The second-order valence-electron chi connectivity index (χ2n) is 12.9. The zero-order valence-corrected chi connectivity index (χ0v) is 30.4. The fraction of sp³-hybridized carbons (Fsp3) is 0.457. The highest BCUT2D eigenvalue weighted by Gasteiger charge is 2.44. The molecule has 0 spiro atoms. The molecule has 1 aromatic carbocycles. The van der Waals surface area contributed by atoms with E-state index in [9.17, 15) is 22.8 Å². The molecule has 4 rings (SSSR count). The van der Waals surface area contributed by atoms with Crippen LogP contribution in [-0.4, -0.2) is 97.3 Å². The van der Waals surface area contributed by atoms with E-state index < -0.39 is 46.3 Å². The number of likely N-dealkylation sites (tertiary alicyclic amines) is 1. The Balaban J connectivity index is 1.58. The van der Waals surface area contributed by atoms with E-state index in [-0.39, 0.29) is 37.6 Å². The number of nitrogens with one attached hydrogen (secondary N) is 3. The van der Waals surface area contributed by atoms with Gasteiger partial charge in [0, 0.05) is 50.3 Å². The number of ether oxygens (including phenoxy) is 2. The van der Waals surface area contributed by atoms with E-state index >= 15 is 0 Å². The lowest BCUT2D eigenvalue weighted by Crippen LogP contribution is -2.53. The standard InChI is InChI=1S/C35H47N7O7S/c1-9-25(10-13-31(43)40-50(46,47)41(6)7)38-33(44)29-19-27(49-34-28-12-11-26(48-8)18-24(28)14-15-36-34)20-42(29)35(45)32(21(2)3)39-30-17-22(4)16-23(5)37-30/h9,11-12,14-18,21,25,27,29,32H,1,10,13,19-20H2,2-8H3,(H,37,39)(H,38,44)(H,40,43)/t25-,27-,29+,32?/m1/s1. The minimum atomic E-state index is -3.96. The summed E-state index contributed by atoms with van der Waals surface area (Å²) in [6.45, 7) is 11.6. The molecule has 14 nitrogen and oxygen atoms in total. The quantitative estimate of drug-likeness (QED) is 0.199. The van der Waals surface area contributed by atoms with Crippen LogP contribution >= 0.6 is 0 Å². The van der Waals surface area contributed by atoms with Gasteiger partial charge in [-0.25, -0.2) is 14.7 Å². The number of pyridine rings is 2. The minimum absolute atomic E-state index is 0.0859. The van der Waals surface area contributed by atoms with Crippen LogP contribution < -0.4 is 24.8 Å². The summed E-state index contributed by atoms with van der Waals surface area (Å²) in [6, 6.07) is 8.87. The molecular formula is C35H47N7O7S. The highest BCUT2D eigenvalue weighted by atomic mass is 32.2. The highest BCUT2D eigenvalue weighted by Crippen LogP contribution is 2.31. The third-order valence-corrected chi connectivity index (χ3v) is 9.86. The van der Waals surface area contributed by atoms with Crippen molar-refractivity contribution >= 4 is 44.5 Å². The highest BCUT2D eigenvalue weighted by molar-refractivity contribution is 7.87. The minimum Gasteiger partial charge on any atom is -0.497 e. The van der Waals surface area contributed by atoms with Gasteiger partial charge < -0.3 is 25.0 Å². The maximum absolute atomic E-state index is 14.4. The van der Waals surface area contributed by atoms with Gasteiger partial charge in [-0.15, -0.1) is 6.58 Å². The van der Waals surface area contributed by atoms with Crippen LogP contribution in [0.2, 0.25) is 0 Å². The molecule has 1 aliphatic heterocycles. The Morgan fingerprint density at radius 1 is 1.14 bits per heavy atom. The summed E-state index contributed by atoms with van der Waals surface area (Å²) in [5.41, 5.74) is 1.79. The molecule has 0 bridgehead atoms. The molecule has 50 heavy (non-hydrogen) atoms. The number of carbonyl (C=O) groups is 3. The first kappa shape index (κ1) is 38.0. The van der Waals surface area contributed by atoms with Gasteiger partial charge in [0.2, 0.25) is 23.6 Å². The van der Waals surface area contributed by atoms with E-state index in [0.29, 0.717) is 17.4 Å². The number of hydrogen-bond acceptors (Lipinski definition) is 10. The van der Waals surface area contributed by atoms with E-state index in [4.69, 9.17) is 9.47 Å². The van der Waals surface area contributed by atoms with Gasteiger partial charge in [-0.05, 0) is 73.5 Å². The van der Waals surface area contributed by atoms with Gasteiger partial charge in [-0.1, -0.05) is 19.9 Å². The molecule has 1 unspecified atom stereocenters. The van der Waals surface area contributed by atoms with Gasteiger partial charge in [0.05, 0.1) is 13.7 Å². The summed E-state index contributed by atoms with van der Waals surface area (Å²) in [5.74, 6) is -0.0467. The molecule has 1 aliphatic rings. The van der Waals surface area contributed by atoms with Gasteiger partial charge in [-0.2, -0.15) is 12.7 Å². The lowest BCUT2D eigenvalue weighted by molar-refractivity contribution is -0.140. The molecule has 3 amide bonds. The summed E-state index contributed by atoms with van der Waals surface area (Å²) in [7, 11) is 0.242. The van der Waals surface area contributed by atoms with Crippen molar-refractivity contribution in [3.8, 4) is 11.6 Å². The van der Waals surface area contributed by atoms with Crippen molar-refractivity contribution in [1.82, 2.24) is 29.2 Å². The smallest absolute Gasteiger partial charge is 0.303 e. The number of benzene rings is 1. The second-order valence-corrected chi connectivity index (χ2v) is 14.8. The number of aryl methyl sites for hydroxylation is 2. The maximum Gasteiger partial charge on any atom is 0.303 e. The Morgan fingerprint density at radius 3 is 2.52 bits per heavy atom. The molecule has 3 N–H and O–H groups in total. The molecule has 15 heteroatoms. The summed E-state index contributed by atoms with van der Waals surface area (Å²) in [5, 5.41) is 7.79. The molecule has 0 aliphatic carbocycles. The van der Waals surface area contributed by atoms with Crippen molar-refractivity contribution in [2.24, 2.45) is 5.92 Å². The largest absolute Gasteiger partial charge is 0.497 e. The number of fused-ring (bicyclic) bond motifs is 1. The number of methoxy groups -OCH3 is 1. The number of nitrogens with zero attached hydrogens (tertiary/aromatic N) is 4. The van der Waals surface area contributed by atoms with Gasteiger partial charge in [-0.3, -0.25) is 14.4 Å². The zero-order valence-electron chi connectivity index (χ0n) is 29.6. The maximum atomic E-state index is 14.4. The van der Waals surface area contributed by atoms with Gasteiger partial charge >= 0.3 is 10.2 Å². The van der Waals surface area contributed by atoms with Crippen LogP contribution in [0, 0.1) is 19.8 Å². The second kappa shape index (κ2) is 16.3. The molecule has 0 saturated carbocycles. The van der Waals surface area contributed by atoms with Crippen LogP contribution in [0.25, 0.3) is 10.8 Å². The Labute approximate surface area is 293 Å². The van der Waals surface area contributed by atoms with Crippen LogP contribution in [-0.2, 0) is 24.6 Å². The topological polar surface area (TPSA) is 172 Å². The molecule has 4 atom stereocenters. The van der Waals surface area contributed by atoms with Crippen LogP contribution in [0.15, 0.2) is 55.3 Å². The Bertz CT molecular complexity index is 1810. The lowest BCUT2D eigenvalue weighted by Gasteiger charge is -2.31. The third-order valence-electron chi connectivity index (χ3n) is 8.41. The molecule has 3 aromatic rings. The fourth-order valence-corrected chi connectivity index (χ4v) is 6.32. The van der Waals surface area contributed by atoms with Crippen LogP contribution in [0.5, 0.6) is 11.6 Å². The predicted octanol–water partition coefficient (Wildman–Crippen LogP) is 3.11. The average Bonchev–Trinajstić information content (AvgIpc) is 3.48. The van der Waals surface area contributed by atoms with Crippen molar-refractivity contribution in [3.63, 3.8) is 0 Å². The lowest BCUT2D eigenvalue weighted by atomic mass is 10.0. The van der Waals surface area contributed by atoms with Crippen molar-refractivity contribution < 1.29 is 32.3 Å². The Hall–Kier alpha value is -4.76. The van der Waals surface area contributed by atoms with Crippen LogP contribution in [0.1, 0.15) is 44.4 Å². The van der Waals surface area contributed by atoms with Gasteiger partial charge in [0.15, 0.2) is 0 Å². The van der Waals surface area contributed by atoms with Crippen molar-refractivity contribution in [1.29, 1.82) is 0 Å². The van der Waals surface area contributed by atoms with Gasteiger partial charge in [0.25, 0.3) is 0 Å². The molecule has 2 aromatic heterocycles. The number of anilines is 1. The first-order valence-corrected chi connectivity index (χ1v) is 17.8. The van der Waals surface area contributed by atoms with Crippen LogP contribution in [0.3, 0.4) is 0 Å². The molecule has 1 fully saturated rings. The molecule has 270 valence electrons. The van der Waals surface area contributed by atoms with E-state index in [1.54, 1.807) is 13.3 Å². The van der Waals surface area contributed by atoms with Crippen LogP contribution in [0.4, 0.5) is 5.82 Å². The zero-order chi connectivity index (χ0) is 36.7. The van der Waals surface area contributed by atoms with E-state index in [0.717, 1.165) is 26.3 Å². The number of amides is 3. The summed E-state index contributed by atoms with van der Waals surface area (Å²) in [6.07, 6.45) is 2.59. The third kappa shape index (κ3) is 9.47. The number of rotatable bonds is 15. The molecule has 0 radical (unpaired) electrons. The number of aromatic nitrogens is 2. The van der Waals surface area contributed by atoms with Gasteiger partial charge in [0.1, 0.15) is 29.8 Å². The number of carbonyl (C=O) groups excluding carboxylic acids is 3. The Kier molecular flexibility index (Phi) is 12.4. The summed E-state index contributed by atoms with van der Waals surface area (Å²) >= 11 is 0.